The zero-order chi connectivity index (χ0) is 12.5. The molecule has 0 fully saturated rings. The van der Waals surface area contributed by atoms with Crippen LogP contribution in [-0.4, -0.2) is 29.0 Å². The molecule has 1 aromatic rings. The molecule has 1 unspecified atom stereocenters. The van der Waals surface area contributed by atoms with Gasteiger partial charge in [-0.15, -0.1) is 0 Å². The molecule has 1 atom stereocenters. The molecule has 2 N–H and O–H groups in total. The van der Waals surface area contributed by atoms with Gasteiger partial charge in [0, 0.05) is 6.04 Å². The van der Waals surface area contributed by atoms with E-state index in [4.69, 9.17) is 5.73 Å². The van der Waals surface area contributed by atoms with Crippen molar-refractivity contribution in [3.8, 4) is 0 Å². The van der Waals surface area contributed by atoms with Crippen LogP contribution in [-0.2, 0) is 6.42 Å². The van der Waals surface area contributed by atoms with Gasteiger partial charge in [0.05, 0.1) is 12.1 Å². The van der Waals surface area contributed by atoms with Crippen LogP contribution in [0.1, 0.15) is 26.3 Å². The third kappa shape index (κ3) is 2.28. The van der Waals surface area contributed by atoms with Gasteiger partial charge in [-0.3, -0.25) is 4.99 Å². The normalized spacial score (nSPS) is 24.2. The van der Waals surface area contributed by atoms with Crippen LogP contribution in [0.25, 0.3) is 0 Å². The highest BCUT2D eigenvalue weighted by Crippen LogP contribution is 2.27. The Morgan fingerprint density at radius 1 is 1.35 bits per heavy atom. The predicted octanol–water partition coefficient (Wildman–Crippen LogP) is 2.03. The summed E-state index contributed by atoms with van der Waals surface area (Å²) in [6.45, 7) is 7.35. The molecular formula is C14H21N3. The Hall–Kier alpha value is -1.51. The summed E-state index contributed by atoms with van der Waals surface area (Å²) < 4.78 is 0. The van der Waals surface area contributed by atoms with Gasteiger partial charge in [-0.2, -0.15) is 0 Å². The number of aliphatic imine (C=N–C) groups is 1. The third-order valence-corrected chi connectivity index (χ3v) is 3.35. The zero-order valence-electron chi connectivity index (χ0n) is 10.9. The van der Waals surface area contributed by atoms with Crippen LogP contribution in [0.3, 0.4) is 0 Å². The van der Waals surface area contributed by atoms with Crippen LogP contribution in [0.15, 0.2) is 35.3 Å². The Labute approximate surface area is 103 Å². The van der Waals surface area contributed by atoms with E-state index in [-0.39, 0.29) is 5.54 Å². The molecule has 0 spiro atoms. The highest BCUT2D eigenvalue weighted by molar-refractivity contribution is 5.81. The lowest BCUT2D eigenvalue weighted by Crippen LogP contribution is -2.54. The molecule has 0 radical (unpaired) electrons. The van der Waals surface area contributed by atoms with Gasteiger partial charge in [0.1, 0.15) is 0 Å². The van der Waals surface area contributed by atoms with Crippen molar-refractivity contribution in [1.82, 2.24) is 4.90 Å². The average molecular weight is 231 g/mol. The minimum Gasteiger partial charge on any atom is -0.370 e. The standard InChI is InChI=1S/C14H21N3/c1-11(2)17-13(15)16-10-14(17,3)9-12-7-5-4-6-8-12/h4-8,11H,9-10H2,1-3H3,(H2,15,16). The predicted molar refractivity (Wildman–Crippen MR) is 72.0 cm³/mol. The number of benzene rings is 1. The molecule has 2 rings (SSSR count). The molecule has 1 aliphatic heterocycles. The van der Waals surface area contributed by atoms with Gasteiger partial charge < -0.3 is 10.6 Å². The lowest BCUT2D eigenvalue weighted by Gasteiger charge is -2.39. The molecule has 0 aromatic heterocycles. The molecule has 1 aliphatic rings. The molecule has 17 heavy (non-hydrogen) atoms. The first-order chi connectivity index (χ1) is 8.03. The fraction of sp³-hybridized carbons (Fsp3) is 0.500. The molecule has 0 saturated carbocycles. The summed E-state index contributed by atoms with van der Waals surface area (Å²) in [5.41, 5.74) is 7.34. The Morgan fingerprint density at radius 2 is 2.00 bits per heavy atom. The maximum absolute atomic E-state index is 5.99. The number of rotatable bonds is 3. The minimum atomic E-state index is 0.0135. The molecular weight excluding hydrogens is 210 g/mol. The smallest absolute Gasteiger partial charge is 0.192 e. The third-order valence-electron chi connectivity index (χ3n) is 3.35. The van der Waals surface area contributed by atoms with E-state index in [2.05, 4.69) is 54.9 Å². The first kappa shape index (κ1) is 12.0. The Kier molecular flexibility index (Phi) is 3.09. The van der Waals surface area contributed by atoms with Crippen LogP contribution in [0, 0.1) is 0 Å². The van der Waals surface area contributed by atoms with E-state index in [1.807, 2.05) is 6.07 Å². The summed E-state index contributed by atoms with van der Waals surface area (Å²) in [6, 6.07) is 10.9. The minimum absolute atomic E-state index is 0.0135. The van der Waals surface area contributed by atoms with Gasteiger partial charge in [0.2, 0.25) is 0 Å². The molecule has 92 valence electrons. The van der Waals surface area contributed by atoms with Crippen LogP contribution < -0.4 is 5.73 Å². The SMILES string of the molecule is CC(C)N1C(N)=NCC1(C)Cc1ccccc1. The Bertz CT molecular complexity index is 411. The molecule has 0 amide bonds. The number of guanidine groups is 1. The van der Waals surface area contributed by atoms with Gasteiger partial charge >= 0.3 is 0 Å². The van der Waals surface area contributed by atoms with Crippen LogP contribution in [0.2, 0.25) is 0 Å². The number of nitrogens with zero attached hydrogens (tertiary/aromatic N) is 2. The van der Waals surface area contributed by atoms with Crippen LogP contribution in [0.5, 0.6) is 0 Å². The van der Waals surface area contributed by atoms with Crippen molar-refractivity contribution in [2.45, 2.75) is 38.8 Å². The van der Waals surface area contributed by atoms with E-state index in [1.165, 1.54) is 5.56 Å². The average Bonchev–Trinajstić information content (AvgIpc) is 2.55. The second-order valence-corrected chi connectivity index (χ2v) is 5.30. The topological polar surface area (TPSA) is 41.6 Å². The van der Waals surface area contributed by atoms with Crippen molar-refractivity contribution in [2.75, 3.05) is 6.54 Å². The molecule has 0 saturated heterocycles. The maximum Gasteiger partial charge on any atom is 0.192 e. The molecule has 1 aromatic carbocycles. The van der Waals surface area contributed by atoms with E-state index in [9.17, 15) is 0 Å². The van der Waals surface area contributed by atoms with E-state index in [0.717, 1.165) is 13.0 Å². The van der Waals surface area contributed by atoms with Crippen molar-refractivity contribution in [2.24, 2.45) is 10.7 Å². The van der Waals surface area contributed by atoms with Gasteiger partial charge in [-0.25, -0.2) is 0 Å². The number of nitrogens with two attached hydrogens (primary N) is 1. The highest BCUT2D eigenvalue weighted by Gasteiger charge is 2.39. The number of hydrogen-bond acceptors (Lipinski definition) is 3. The van der Waals surface area contributed by atoms with Crippen molar-refractivity contribution in [3.63, 3.8) is 0 Å². The van der Waals surface area contributed by atoms with Gasteiger partial charge in [0.25, 0.3) is 0 Å². The van der Waals surface area contributed by atoms with Crippen molar-refractivity contribution in [3.05, 3.63) is 35.9 Å². The summed E-state index contributed by atoms with van der Waals surface area (Å²) in [4.78, 5) is 6.64. The first-order valence-corrected chi connectivity index (χ1v) is 6.16. The second-order valence-electron chi connectivity index (χ2n) is 5.30. The molecule has 3 heteroatoms. The van der Waals surface area contributed by atoms with Crippen molar-refractivity contribution >= 4 is 5.96 Å². The molecule has 1 heterocycles. The van der Waals surface area contributed by atoms with Crippen LogP contribution >= 0.6 is 0 Å². The van der Waals surface area contributed by atoms with Crippen LogP contribution in [0.4, 0.5) is 0 Å². The summed E-state index contributed by atoms with van der Waals surface area (Å²) in [7, 11) is 0. The van der Waals surface area contributed by atoms with E-state index < -0.39 is 0 Å². The Morgan fingerprint density at radius 3 is 2.59 bits per heavy atom. The fourth-order valence-corrected chi connectivity index (χ4v) is 2.74. The summed E-state index contributed by atoms with van der Waals surface area (Å²) in [6.07, 6.45) is 0.982. The monoisotopic (exact) mass is 231 g/mol. The van der Waals surface area contributed by atoms with Crippen molar-refractivity contribution < 1.29 is 0 Å². The van der Waals surface area contributed by atoms with Gasteiger partial charge in [-0.05, 0) is 32.8 Å². The number of hydrogen-bond donors (Lipinski definition) is 1. The molecule has 0 bridgehead atoms. The second kappa shape index (κ2) is 4.40. The van der Waals surface area contributed by atoms with E-state index >= 15 is 0 Å². The maximum atomic E-state index is 5.99. The summed E-state index contributed by atoms with van der Waals surface area (Å²) in [5, 5.41) is 0. The van der Waals surface area contributed by atoms with Gasteiger partial charge in [-0.1, -0.05) is 30.3 Å². The summed E-state index contributed by atoms with van der Waals surface area (Å²) >= 11 is 0. The zero-order valence-corrected chi connectivity index (χ0v) is 10.9. The largest absolute Gasteiger partial charge is 0.370 e. The van der Waals surface area contributed by atoms with E-state index in [0.29, 0.717) is 12.0 Å². The first-order valence-electron chi connectivity index (χ1n) is 6.16. The van der Waals surface area contributed by atoms with Gasteiger partial charge in [0.15, 0.2) is 5.96 Å². The Balaban J connectivity index is 2.20. The quantitative estimate of drug-likeness (QED) is 0.864. The lowest BCUT2D eigenvalue weighted by molar-refractivity contribution is 0.183. The molecule has 0 aliphatic carbocycles. The van der Waals surface area contributed by atoms with Crippen molar-refractivity contribution in [1.29, 1.82) is 0 Å². The fourth-order valence-electron chi connectivity index (χ4n) is 2.74. The summed E-state index contributed by atoms with van der Waals surface area (Å²) in [5.74, 6) is 0.679. The lowest BCUT2D eigenvalue weighted by atomic mass is 9.91. The highest BCUT2D eigenvalue weighted by atomic mass is 15.4. The van der Waals surface area contributed by atoms with E-state index in [1.54, 1.807) is 0 Å². The molecule has 3 nitrogen and oxygen atoms in total.